The summed E-state index contributed by atoms with van der Waals surface area (Å²) in [6.07, 6.45) is 88.9. The number of unbranched alkanes of at least 4 members (excludes halogenated alkanes) is 48. The van der Waals surface area contributed by atoms with Gasteiger partial charge in [-0.1, -0.05) is 352 Å². The topological polar surface area (TPSA) is 78.9 Å². The molecule has 0 aliphatic rings. The maximum absolute atomic E-state index is 12.9. The molecule has 1 atom stereocenters. The molecule has 0 heterocycles. The first-order valence-electron chi connectivity index (χ1n) is 36.1. The van der Waals surface area contributed by atoms with Crippen molar-refractivity contribution in [2.24, 2.45) is 0 Å². The molecule has 0 spiro atoms. The van der Waals surface area contributed by atoms with Gasteiger partial charge in [0, 0.05) is 19.3 Å². The molecule has 6 nitrogen and oxygen atoms in total. The van der Waals surface area contributed by atoms with Crippen LogP contribution in [0.25, 0.3) is 0 Å². The first kappa shape index (κ1) is 78.4. The Balaban J connectivity index is 4.05. The quantitative estimate of drug-likeness (QED) is 0.0261. The van der Waals surface area contributed by atoms with E-state index in [2.05, 4.69) is 69.4 Å². The molecule has 0 rings (SSSR count). The highest BCUT2D eigenvalue weighted by Gasteiger charge is 2.19. The fraction of sp³-hybridized carbons (Fsp3) is 0.853. The van der Waals surface area contributed by atoms with Crippen LogP contribution >= 0.6 is 0 Å². The molecule has 0 fully saturated rings. The summed E-state index contributed by atoms with van der Waals surface area (Å²) in [4.78, 5) is 38.3. The third kappa shape index (κ3) is 68.0. The normalized spacial score (nSPS) is 12.3. The first-order valence-corrected chi connectivity index (χ1v) is 36.1. The van der Waals surface area contributed by atoms with Gasteiger partial charge >= 0.3 is 17.9 Å². The van der Waals surface area contributed by atoms with Crippen molar-refractivity contribution in [3.63, 3.8) is 0 Å². The van der Waals surface area contributed by atoms with Gasteiger partial charge in [0.2, 0.25) is 0 Å². The van der Waals surface area contributed by atoms with E-state index in [1.807, 2.05) is 0 Å². The maximum atomic E-state index is 12.9. The number of ether oxygens (including phenoxy) is 3. The standard InChI is InChI=1S/C75H138O6/c1-4-7-10-13-16-19-22-25-28-29-30-31-32-33-34-35-36-37-38-39-40-41-42-43-44-45-46-47-48-51-53-56-59-62-65-68-74(77)80-71-72(81-75(78)69-66-63-60-57-54-50-27-24-21-18-15-12-9-6-3)70-79-73(76)67-64-61-58-55-52-49-26-23-20-17-14-11-8-5-2/h14-15,17-18,23-24,26-27,72H,4-13,16,19-22,25,28-71H2,1-3H3/b17-14-,18-15-,26-23-,27-24-. The number of esters is 3. The van der Waals surface area contributed by atoms with Crippen LogP contribution < -0.4 is 0 Å². The van der Waals surface area contributed by atoms with Gasteiger partial charge in [-0.2, -0.15) is 0 Å². The van der Waals surface area contributed by atoms with E-state index < -0.39 is 6.10 Å². The molecule has 474 valence electrons. The first-order chi connectivity index (χ1) is 40.0. The number of allylic oxidation sites excluding steroid dienone is 8. The van der Waals surface area contributed by atoms with Crippen LogP contribution in [0.1, 0.15) is 393 Å². The van der Waals surface area contributed by atoms with Crippen LogP contribution in [0.3, 0.4) is 0 Å². The van der Waals surface area contributed by atoms with Crippen molar-refractivity contribution in [3.8, 4) is 0 Å². The SMILES string of the molecule is CCCC/C=C\C/C=C\CCCCCCCC(=O)OCC(COC(=O)CCCCCCCCCCCCCCCCCCCCCCCCCCCCCCCCCCCCC)OC(=O)CCCCCCC/C=C\C/C=C\CCCC. The van der Waals surface area contributed by atoms with Gasteiger partial charge in [0.1, 0.15) is 13.2 Å². The van der Waals surface area contributed by atoms with E-state index in [9.17, 15) is 14.4 Å². The minimum absolute atomic E-state index is 0.0802. The summed E-state index contributed by atoms with van der Waals surface area (Å²) in [7, 11) is 0. The zero-order chi connectivity index (χ0) is 58.5. The maximum Gasteiger partial charge on any atom is 0.306 e. The minimum Gasteiger partial charge on any atom is -0.462 e. The fourth-order valence-corrected chi connectivity index (χ4v) is 10.8. The van der Waals surface area contributed by atoms with Crippen LogP contribution in [0.15, 0.2) is 48.6 Å². The number of carbonyl (C=O) groups excluding carboxylic acids is 3. The molecule has 0 bridgehead atoms. The Bertz CT molecular complexity index is 1400. The Morgan fingerprint density at radius 3 is 0.716 bits per heavy atom. The molecule has 0 aromatic heterocycles. The highest BCUT2D eigenvalue weighted by Crippen LogP contribution is 2.19. The van der Waals surface area contributed by atoms with Gasteiger partial charge in [0.15, 0.2) is 6.10 Å². The van der Waals surface area contributed by atoms with Crippen molar-refractivity contribution >= 4 is 17.9 Å². The smallest absolute Gasteiger partial charge is 0.306 e. The lowest BCUT2D eigenvalue weighted by Gasteiger charge is -2.18. The number of hydrogen-bond acceptors (Lipinski definition) is 6. The largest absolute Gasteiger partial charge is 0.462 e. The molecule has 0 N–H and O–H groups in total. The lowest BCUT2D eigenvalue weighted by Crippen LogP contribution is -2.30. The average Bonchev–Trinajstić information content (AvgIpc) is 3.47. The van der Waals surface area contributed by atoms with Crippen molar-refractivity contribution in [2.75, 3.05) is 13.2 Å². The summed E-state index contributed by atoms with van der Waals surface area (Å²) in [6.45, 7) is 6.59. The number of rotatable bonds is 67. The van der Waals surface area contributed by atoms with Crippen LogP contribution in [-0.4, -0.2) is 37.2 Å². The molecule has 1 unspecified atom stereocenters. The Morgan fingerprint density at radius 2 is 0.457 bits per heavy atom. The third-order valence-corrected chi connectivity index (χ3v) is 16.3. The van der Waals surface area contributed by atoms with Gasteiger partial charge in [-0.15, -0.1) is 0 Å². The molecule has 0 aromatic rings. The summed E-state index contributed by atoms with van der Waals surface area (Å²) < 4.78 is 16.9. The molecular formula is C75H138O6. The molecule has 0 aliphatic carbocycles. The van der Waals surface area contributed by atoms with Crippen LogP contribution in [0, 0.1) is 0 Å². The Hall–Kier alpha value is -2.63. The second kappa shape index (κ2) is 69.9. The fourth-order valence-electron chi connectivity index (χ4n) is 10.8. The molecule has 0 saturated carbocycles. The van der Waals surface area contributed by atoms with Gasteiger partial charge < -0.3 is 14.2 Å². The Labute approximate surface area is 505 Å². The van der Waals surface area contributed by atoms with Crippen molar-refractivity contribution in [1.29, 1.82) is 0 Å². The molecule has 0 radical (unpaired) electrons. The third-order valence-electron chi connectivity index (χ3n) is 16.3. The average molecular weight is 1140 g/mol. The lowest BCUT2D eigenvalue weighted by atomic mass is 10.0. The molecule has 0 amide bonds. The Morgan fingerprint density at radius 1 is 0.247 bits per heavy atom. The zero-order valence-corrected chi connectivity index (χ0v) is 54.6. The van der Waals surface area contributed by atoms with Gasteiger partial charge in [0.25, 0.3) is 0 Å². The molecular weight excluding hydrogens is 997 g/mol. The molecule has 0 aromatic carbocycles. The summed E-state index contributed by atoms with van der Waals surface area (Å²) in [5.74, 6) is -0.888. The molecule has 0 saturated heterocycles. The van der Waals surface area contributed by atoms with E-state index in [1.165, 1.54) is 250 Å². The highest BCUT2D eigenvalue weighted by molar-refractivity contribution is 5.71. The highest BCUT2D eigenvalue weighted by atomic mass is 16.6. The van der Waals surface area contributed by atoms with Crippen LogP contribution in [0.2, 0.25) is 0 Å². The molecule has 0 aliphatic heterocycles. The lowest BCUT2D eigenvalue weighted by molar-refractivity contribution is -0.167. The molecule has 6 heteroatoms. The second-order valence-electron chi connectivity index (χ2n) is 24.5. The summed E-state index contributed by atoms with van der Waals surface area (Å²) in [6, 6.07) is 0. The number of carbonyl (C=O) groups is 3. The van der Waals surface area contributed by atoms with Crippen molar-refractivity contribution in [3.05, 3.63) is 48.6 Å². The predicted molar refractivity (Wildman–Crippen MR) is 353 cm³/mol. The van der Waals surface area contributed by atoms with Crippen molar-refractivity contribution < 1.29 is 28.6 Å². The molecule has 81 heavy (non-hydrogen) atoms. The van der Waals surface area contributed by atoms with Crippen LogP contribution in [-0.2, 0) is 28.6 Å². The van der Waals surface area contributed by atoms with E-state index in [-0.39, 0.29) is 31.1 Å². The van der Waals surface area contributed by atoms with Crippen molar-refractivity contribution in [2.45, 2.75) is 399 Å². The second-order valence-corrected chi connectivity index (χ2v) is 24.5. The monoisotopic (exact) mass is 1140 g/mol. The van der Waals surface area contributed by atoms with E-state index in [0.717, 1.165) is 103 Å². The predicted octanol–water partition coefficient (Wildman–Crippen LogP) is 24.9. The summed E-state index contributed by atoms with van der Waals surface area (Å²) in [5.41, 5.74) is 0. The van der Waals surface area contributed by atoms with Crippen LogP contribution in [0.5, 0.6) is 0 Å². The minimum atomic E-state index is -0.786. The zero-order valence-electron chi connectivity index (χ0n) is 54.6. The van der Waals surface area contributed by atoms with Gasteiger partial charge in [-0.3, -0.25) is 14.4 Å². The summed E-state index contributed by atoms with van der Waals surface area (Å²) in [5, 5.41) is 0. The van der Waals surface area contributed by atoms with Crippen molar-refractivity contribution in [1.82, 2.24) is 0 Å². The summed E-state index contributed by atoms with van der Waals surface area (Å²) >= 11 is 0. The van der Waals surface area contributed by atoms with Gasteiger partial charge in [-0.05, 0) is 70.6 Å². The van der Waals surface area contributed by atoms with Gasteiger partial charge in [0.05, 0.1) is 0 Å². The van der Waals surface area contributed by atoms with Crippen LogP contribution in [0.4, 0.5) is 0 Å². The van der Waals surface area contributed by atoms with E-state index >= 15 is 0 Å². The number of hydrogen-bond donors (Lipinski definition) is 0. The van der Waals surface area contributed by atoms with E-state index in [0.29, 0.717) is 19.3 Å². The Kier molecular flexibility index (Phi) is 67.6. The van der Waals surface area contributed by atoms with Gasteiger partial charge in [-0.25, -0.2) is 0 Å². The van der Waals surface area contributed by atoms with E-state index in [4.69, 9.17) is 14.2 Å². The van der Waals surface area contributed by atoms with E-state index in [1.54, 1.807) is 0 Å².